The summed E-state index contributed by atoms with van der Waals surface area (Å²) in [6, 6.07) is 15.3. The van der Waals surface area contributed by atoms with Gasteiger partial charge in [0.2, 0.25) is 0 Å². The molecule has 1 fully saturated rings. The number of esters is 1. The average molecular weight is 336 g/mol. The van der Waals surface area contributed by atoms with Crippen LogP contribution in [0.3, 0.4) is 0 Å². The lowest BCUT2D eigenvalue weighted by atomic mass is 10.0. The minimum absolute atomic E-state index is 0.332. The molecule has 1 N–H and O–H groups in total. The number of hydrogen-bond donors (Lipinski definition) is 1. The van der Waals surface area contributed by atoms with Gasteiger partial charge < -0.3 is 15.0 Å². The Morgan fingerprint density at radius 3 is 2.76 bits per heavy atom. The van der Waals surface area contributed by atoms with E-state index in [0.717, 1.165) is 37.4 Å². The van der Waals surface area contributed by atoms with Crippen molar-refractivity contribution in [3.05, 3.63) is 53.7 Å². The molecule has 1 aliphatic heterocycles. The highest BCUT2D eigenvalue weighted by Gasteiger charge is 2.20. The van der Waals surface area contributed by atoms with Crippen LogP contribution in [-0.4, -0.2) is 37.2 Å². The monoisotopic (exact) mass is 336 g/mol. The molecule has 1 aliphatic rings. The molecule has 128 valence electrons. The van der Waals surface area contributed by atoms with E-state index in [4.69, 9.17) is 10.00 Å². The van der Waals surface area contributed by atoms with Crippen LogP contribution in [0.25, 0.3) is 0 Å². The van der Waals surface area contributed by atoms with Crippen molar-refractivity contribution in [1.82, 2.24) is 4.98 Å². The summed E-state index contributed by atoms with van der Waals surface area (Å²) in [5.74, 6) is 0.520. The molecule has 25 heavy (non-hydrogen) atoms. The number of carbonyl (C=O) groups excluding carboxylic acids is 1. The highest BCUT2D eigenvalue weighted by atomic mass is 16.5. The van der Waals surface area contributed by atoms with Crippen molar-refractivity contribution < 1.29 is 9.53 Å². The molecule has 2 aromatic rings. The minimum Gasteiger partial charge on any atom is -0.465 e. The van der Waals surface area contributed by atoms with Crippen molar-refractivity contribution in [3.8, 4) is 6.07 Å². The largest absolute Gasteiger partial charge is 0.465 e. The van der Waals surface area contributed by atoms with Crippen LogP contribution in [0.2, 0.25) is 0 Å². The number of piperidine rings is 1. The Labute approximate surface area is 147 Å². The number of hydrogen-bond acceptors (Lipinski definition) is 6. The van der Waals surface area contributed by atoms with Gasteiger partial charge in [0.15, 0.2) is 0 Å². The van der Waals surface area contributed by atoms with E-state index in [1.165, 1.54) is 7.11 Å². The number of ether oxygens (including phenoxy) is 1. The van der Waals surface area contributed by atoms with Crippen molar-refractivity contribution >= 4 is 17.5 Å². The first-order chi connectivity index (χ1) is 12.2. The third-order valence-corrected chi connectivity index (χ3v) is 4.32. The SMILES string of the molecule is COC(=O)c1cccc(NC2CCN(c3cccc(C#N)n3)CC2)c1. The topological polar surface area (TPSA) is 78.2 Å². The molecular weight excluding hydrogens is 316 g/mol. The van der Waals surface area contributed by atoms with Crippen LogP contribution in [0.1, 0.15) is 28.9 Å². The number of aromatic nitrogens is 1. The van der Waals surface area contributed by atoms with Gasteiger partial charge in [-0.15, -0.1) is 0 Å². The van der Waals surface area contributed by atoms with Crippen molar-refractivity contribution in [2.45, 2.75) is 18.9 Å². The molecule has 0 saturated carbocycles. The predicted octanol–water partition coefficient (Wildman–Crippen LogP) is 2.82. The number of nitriles is 1. The molecular formula is C19H20N4O2. The summed E-state index contributed by atoms with van der Waals surface area (Å²) in [6.07, 6.45) is 1.92. The lowest BCUT2D eigenvalue weighted by Gasteiger charge is -2.33. The molecule has 3 rings (SSSR count). The van der Waals surface area contributed by atoms with Gasteiger partial charge in [0.25, 0.3) is 0 Å². The number of nitrogens with zero attached hydrogens (tertiary/aromatic N) is 3. The van der Waals surface area contributed by atoms with Crippen LogP contribution in [0.5, 0.6) is 0 Å². The van der Waals surface area contributed by atoms with E-state index in [0.29, 0.717) is 17.3 Å². The quantitative estimate of drug-likeness (QED) is 0.865. The van der Waals surface area contributed by atoms with Crippen molar-refractivity contribution in [1.29, 1.82) is 5.26 Å². The van der Waals surface area contributed by atoms with Crippen molar-refractivity contribution in [2.24, 2.45) is 0 Å². The lowest BCUT2D eigenvalue weighted by Crippen LogP contribution is -2.39. The fraction of sp³-hybridized carbons (Fsp3) is 0.316. The van der Waals surface area contributed by atoms with Crippen molar-refractivity contribution in [2.75, 3.05) is 30.4 Å². The van der Waals surface area contributed by atoms with Gasteiger partial charge in [-0.2, -0.15) is 5.26 Å². The van der Waals surface area contributed by atoms with Gasteiger partial charge >= 0.3 is 5.97 Å². The summed E-state index contributed by atoms with van der Waals surface area (Å²) in [5, 5.41) is 12.5. The van der Waals surface area contributed by atoms with Gasteiger partial charge in [-0.25, -0.2) is 9.78 Å². The number of rotatable bonds is 4. The second kappa shape index (κ2) is 7.67. The molecule has 0 amide bonds. The number of nitrogens with one attached hydrogen (secondary N) is 1. The molecule has 1 aromatic heterocycles. The maximum atomic E-state index is 11.6. The van der Waals surface area contributed by atoms with Gasteiger partial charge in [-0.3, -0.25) is 0 Å². The van der Waals surface area contributed by atoms with E-state index in [9.17, 15) is 4.79 Å². The zero-order valence-electron chi connectivity index (χ0n) is 14.1. The first-order valence-electron chi connectivity index (χ1n) is 8.26. The Hall–Kier alpha value is -3.07. The van der Waals surface area contributed by atoms with E-state index >= 15 is 0 Å². The molecule has 0 bridgehead atoms. The minimum atomic E-state index is -0.332. The number of carbonyl (C=O) groups is 1. The number of methoxy groups -OCH3 is 1. The Bertz CT molecular complexity index is 792. The van der Waals surface area contributed by atoms with Crippen LogP contribution in [0.15, 0.2) is 42.5 Å². The van der Waals surface area contributed by atoms with E-state index in [2.05, 4.69) is 21.3 Å². The van der Waals surface area contributed by atoms with Gasteiger partial charge in [-0.1, -0.05) is 12.1 Å². The third-order valence-electron chi connectivity index (χ3n) is 4.32. The van der Waals surface area contributed by atoms with Crippen LogP contribution in [-0.2, 0) is 4.74 Å². The third kappa shape index (κ3) is 4.07. The standard InChI is InChI=1S/C19H20N4O2/c1-25-19(24)14-4-2-5-16(12-14)21-15-8-10-23(11-9-15)18-7-3-6-17(13-20)22-18/h2-7,12,15,21H,8-11H2,1H3. The van der Waals surface area contributed by atoms with Gasteiger partial charge in [0, 0.05) is 24.8 Å². The number of benzene rings is 1. The predicted molar refractivity (Wildman–Crippen MR) is 95.6 cm³/mol. The molecule has 1 saturated heterocycles. The summed E-state index contributed by atoms with van der Waals surface area (Å²) in [7, 11) is 1.38. The molecule has 2 heterocycles. The summed E-state index contributed by atoms with van der Waals surface area (Å²) < 4.78 is 4.76. The molecule has 0 radical (unpaired) electrons. The maximum absolute atomic E-state index is 11.6. The van der Waals surface area contributed by atoms with Crippen LogP contribution < -0.4 is 10.2 Å². The Kier molecular flexibility index (Phi) is 5.14. The zero-order chi connectivity index (χ0) is 17.6. The Morgan fingerprint density at radius 1 is 1.28 bits per heavy atom. The highest BCUT2D eigenvalue weighted by molar-refractivity contribution is 5.90. The summed E-state index contributed by atoms with van der Waals surface area (Å²) >= 11 is 0. The van der Waals surface area contributed by atoms with Crippen LogP contribution in [0.4, 0.5) is 11.5 Å². The van der Waals surface area contributed by atoms with Gasteiger partial charge in [0.1, 0.15) is 17.6 Å². The molecule has 6 heteroatoms. The maximum Gasteiger partial charge on any atom is 0.337 e. The molecule has 0 aliphatic carbocycles. The van der Waals surface area contributed by atoms with Gasteiger partial charge in [0.05, 0.1) is 12.7 Å². The van der Waals surface area contributed by atoms with E-state index < -0.39 is 0 Å². The van der Waals surface area contributed by atoms with Crippen LogP contribution in [0, 0.1) is 11.3 Å². The molecule has 0 atom stereocenters. The van der Waals surface area contributed by atoms with Crippen LogP contribution >= 0.6 is 0 Å². The summed E-state index contributed by atoms with van der Waals surface area (Å²) in [6.45, 7) is 1.74. The van der Waals surface area contributed by atoms with E-state index in [1.54, 1.807) is 12.1 Å². The number of anilines is 2. The fourth-order valence-corrected chi connectivity index (χ4v) is 3.00. The van der Waals surface area contributed by atoms with Crippen molar-refractivity contribution in [3.63, 3.8) is 0 Å². The first kappa shape index (κ1) is 16.8. The fourth-order valence-electron chi connectivity index (χ4n) is 3.00. The molecule has 0 unspecified atom stereocenters. The molecule has 1 aromatic carbocycles. The highest BCUT2D eigenvalue weighted by Crippen LogP contribution is 2.21. The van der Waals surface area contributed by atoms with E-state index in [-0.39, 0.29) is 5.97 Å². The second-order valence-electron chi connectivity index (χ2n) is 5.97. The Morgan fingerprint density at radius 2 is 2.04 bits per heavy atom. The summed E-state index contributed by atoms with van der Waals surface area (Å²) in [5.41, 5.74) is 1.91. The summed E-state index contributed by atoms with van der Waals surface area (Å²) in [4.78, 5) is 18.2. The normalized spacial score (nSPS) is 14.6. The first-order valence-corrected chi connectivity index (χ1v) is 8.26. The van der Waals surface area contributed by atoms with Gasteiger partial charge in [-0.05, 0) is 43.2 Å². The lowest BCUT2D eigenvalue weighted by molar-refractivity contribution is 0.0601. The average Bonchev–Trinajstić information content (AvgIpc) is 2.68. The zero-order valence-corrected chi connectivity index (χ0v) is 14.1. The Balaban J connectivity index is 1.59. The smallest absolute Gasteiger partial charge is 0.337 e. The molecule has 6 nitrogen and oxygen atoms in total. The second-order valence-corrected chi connectivity index (χ2v) is 5.97. The number of pyridine rings is 1. The van der Waals surface area contributed by atoms with E-state index in [1.807, 2.05) is 30.3 Å². The molecule has 0 spiro atoms.